The Kier molecular flexibility index (Phi) is 3.01. The molecule has 0 saturated heterocycles. The molecule has 0 atom stereocenters. The SMILES string of the molecule is Cn1c(Cl)nc2c1c(=O)n(CCCl)c(=O)n2C. The van der Waals surface area contributed by atoms with Crippen LogP contribution in [0.25, 0.3) is 11.2 Å². The van der Waals surface area contributed by atoms with Crippen molar-refractivity contribution < 1.29 is 0 Å². The molecule has 0 N–H and O–H groups in total. The van der Waals surface area contributed by atoms with Crippen LogP contribution >= 0.6 is 23.2 Å². The highest BCUT2D eigenvalue weighted by Gasteiger charge is 2.16. The predicted octanol–water partition coefficient (Wildman–Crippen LogP) is 0.326. The molecule has 2 heterocycles. The zero-order valence-electron chi connectivity index (χ0n) is 9.28. The summed E-state index contributed by atoms with van der Waals surface area (Å²) in [7, 11) is 3.16. The lowest BCUT2D eigenvalue weighted by molar-refractivity contribution is 0.638. The second kappa shape index (κ2) is 4.19. The Morgan fingerprint density at radius 3 is 2.47 bits per heavy atom. The summed E-state index contributed by atoms with van der Waals surface area (Å²) in [5, 5.41) is 0.163. The predicted molar refractivity (Wildman–Crippen MR) is 65.9 cm³/mol. The van der Waals surface area contributed by atoms with Crippen molar-refractivity contribution >= 4 is 34.4 Å². The maximum Gasteiger partial charge on any atom is 0.332 e. The molecule has 2 rings (SSSR count). The van der Waals surface area contributed by atoms with Gasteiger partial charge in [-0.2, -0.15) is 4.98 Å². The second-order valence-electron chi connectivity index (χ2n) is 3.60. The molecule has 0 aromatic carbocycles. The second-order valence-corrected chi connectivity index (χ2v) is 4.32. The Balaban J connectivity index is 3.01. The van der Waals surface area contributed by atoms with E-state index in [1.165, 1.54) is 16.2 Å². The average Bonchev–Trinajstić information content (AvgIpc) is 2.59. The molecular weight excluding hydrogens is 267 g/mol. The molecule has 8 heteroatoms. The Morgan fingerprint density at radius 1 is 1.24 bits per heavy atom. The first-order valence-corrected chi connectivity index (χ1v) is 5.78. The number of hydrogen-bond acceptors (Lipinski definition) is 3. The molecule has 92 valence electrons. The highest BCUT2D eigenvalue weighted by Crippen LogP contribution is 2.12. The standard InChI is InChI=1S/C9H10Cl2N4O2/c1-13-5-6(12-8(13)11)14(2)9(17)15(4-3-10)7(5)16/h3-4H2,1-2H3. The third-order valence-corrected chi connectivity index (χ3v) is 3.12. The minimum Gasteiger partial charge on any atom is -0.312 e. The van der Waals surface area contributed by atoms with Gasteiger partial charge in [-0.25, -0.2) is 4.79 Å². The first-order chi connectivity index (χ1) is 7.99. The van der Waals surface area contributed by atoms with Crippen LogP contribution in [0.2, 0.25) is 5.28 Å². The van der Waals surface area contributed by atoms with Gasteiger partial charge in [-0.15, -0.1) is 11.6 Å². The summed E-state index contributed by atoms with van der Waals surface area (Å²) in [6.07, 6.45) is 0. The Morgan fingerprint density at radius 2 is 1.88 bits per heavy atom. The molecule has 2 aromatic heterocycles. The Hall–Kier alpha value is -1.27. The van der Waals surface area contributed by atoms with Gasteiger partial charge in [0.05, 0.1) is 0 Å². The van der Waals surface area contributed by atoms with Crippen LogP contribution in [0.1, 0.15) is 0 Å². The summed E-state index contributed by atoms with van der Waals surface area (Å²) < 4.78 is 3.81. The summed E-state index contributed by atoms with van der Waals surface area (Å²) in [6.45, 7) is 0.159. The molecule has 6 nitrogen and oxygen atoms in total. The molecule has 2 aromatic rings. The largest absolute Gasteiger partial charge is 0.332 e. The van der Waals surface area contributed by atoms with E-state index in [2.05, 4.69) is 4.98 Å². The van der Waals surface area contributed by atoms with Crippen molar-refractivity contribution in [1.82, 2.24) is 18.7 Å². The topological polar surface area (TPSA) is 61.8 Å². The molecule has 0 radical (unpaired) electrons. The Labute approximate surface area is 106 Å². The van der Waals surface area contributed by atoms with Gasteiger partial charge in [0, 0.05) is 26.5 Å². The highest BCUT2D eigenvalue weighted by molar-refractivity contribution is 6.29. The lowest BCUT2D eigenvalue weighted by atomic mass is 10.5. The monoisotopic (exact) mass is 276 g/mol. The van der Waals surface area contributed by atoms with Crippen LogP contribution in [0.4, 0.5) is 0 Å². The van der Waals surface area contributed by atoms with Crippen LogP contribution in [0.3, 0.4) is 0 Å². The van der Waals surface area contributed by atoms with Gasteiger partial charge in [0.15, 0.2) is 11.2 Å². The van der Waals surface area contributed by atoms with Crippen LogP contribution in [0.5, 0.6) is 0 Å². The van der Waals surface area contributed by atoms with Gasteiger partial charge < -0.3 is 4.57 Å². The van der Waals surface area contributed by atoms with E-state index < -0.39 is 11.2 Å². The highest BCUT2D eigenvalue weighted by atomic mass is 35.5. The van der Waals surface area contributed by atoms with Gasteiger partial charge >= 0.3 is 5.69 Å². The van der Waals surface area contributed by atoms with Crippen molar-refractivity contribution in [2.45, 2.75) is 6.54 Å². The number of rotatable bonds is 2. The summed E-state index contributed by atoms with van der Waals surface area (Å²) in [4.78, 5) is 28.0. The number of halogens is 2. The number of alkyl halides is 1. The molecule has 0 saturated carbocycles. The molecule has 0 unspecified atom stereocenters. The fraction of sp³-hybridized carbons (Fsp3) is 0.444. The van der Waals surface area contributed by atoms with Gasteiger partial charge in [0.1, 0.15) is 0 Å². The van der Waals surface area contributed by atoms with Crippen molar-refractivity contribution in [3.05, 3.63) is 26.1 Å². The fourth-order valence-electron chi connectivity index (χ4n) is 1.70. The first kappa shape index (κ1) is 12.2. The lowest BCUT2D eigenvalue weighted by Crippen LogP contribution is -2.39. The molecule has 0 bridgehead atoms. The molecule has 0 aliphatic carbocycles. The lowest BCUT2D eigenvalue weighted by Gasteiger charge is -2.06. The molecule has 0 spiro atoms. The summed E-state index contributed by atoms with van der Waals surface area (Å²) >= 11 is 11.4. The minimum absolute atomic E-state index is 0.159. The van der Waals surface area contributed by atoms with Crippen molar-refractivity contribution in [1.29, 1.82) is 0 Å². The fourth-order valence-corrected chi connectivity index (χ4v) is 2.03. The van der Waals surface area contributed by atoms with Gasteiger partial charge in [-0.3, -0.25) is 13.9 Å². The maximum absolute atomic E-state index is 12.1. The normalized spacial score (nSPS) is 11.3. The van der Waals surface area contributed by atoms with E-state index in [0.29, 0.717) is 5.52 Å². The van der Waals surface area contributed by atoms with Gasteiger partial charge in [-0.05, 0) is 11.6 Å². The molecule has 0 aliphatic heterocycles. The van der Waals surface area contributed by atoms with E-state index in [-0.39, 0.29) is 23.4 Å². The van der Waals surface area contributed by atoms with E-state index in [4.69, 9.17) is 23.2 Å². The number of imidazole rings is 1. The van der Waals surface area contributed by atoms with E-state index in [0.717, 1.165) is 4.57 Å². The number of hydrogen-bond donors (Lipinski definition) is 0. The quantitative estimate of drug-likeness (QED) is 0.587. The number of nitrogens with zero attached hydrogens (tertiary/aromatic N) is 4. The van der Waals surface area contributed by atoms with E-state index in [1.54, 1.807) is 7.05 Å². The number of aryl methyl sites for hydroxylation is 2. The third kappa shape index (κ3) is 1.68. The van der Waals surface area contributed by atoms with Crippen LogP contribution in [-0.2, 0) is 20.6 Å². The van der Waals surface area contributed by atoms with Crippen molar-refractivity contribution in [3.63, 3.8) is 0 Å². The number of fused-ring (bicyclic) bond motifs is 1. The van der Waals surface area contributed by atoms with Gasteiger partial charge in [-0.1, -0.05) is 0 Å². The van der Waals surface area contributed by atoms with Gasteiger partial charge in [0.2, 0.25) is 5.28 Å². The smallest absolute Gasteiger partial charge is 0.312 e. The maximum atomic E-state index is 12.1. The summed E-state index contributed by atoms with van der Waals surface area (Å²) in [5.74, 6) is 0.187. The van der Waals surface area contributed by atoms with E-state index in [1.807, 2.05) is 0 Å². The van der Waals surface area contributed by atoms with Crippen LogP contribution in [0.15, 0.2) is 9.59 Å². The molecular formula is C9H10Cl2N4O2. The minimum atomic E-state index is -0.446. The van der Waals surface area contributed by atoms with E-state index in [9.17, 15) is 9.59 Å². The van der Waals surface area contributed by atoms with E-state index >= 15 is 0 Å². The summed E-state index contributed by atoms with van der Waals surface area (Å²) in [5.41, 5.74) is -0.302. The molecule has 0 aliphatic rings. The molecule has 0 fully saturated rings. The van der Waals surface area contributed by atoms with Crippen LogP contribution in [0, 0.1) is 0 Å². The van der Waals surface area contributed by atoms with Crippen molar-refractivity contribution in [3.8, 4) is 0 Å². The zero-order valence-corrected chi connectivity index (χ0v) is 10.8. The summed E-state index contributed by atoms with van der Waals surface area (Å²) in [6, 6.07) is 0. The first-order valence-electron chi connectivity index (χ1n) is 4.86. The zero-order chi connectivity index (χ0) is 12.7. The van der Waals surface area contributed by atoms with Crippen molar-refractivity contribution in [2.75, 3.05) is 5.88 Å². The van der Waals surface area contributed by atoms with Crippen LogP contribution < -0.4 is 11.2 Å². The molecule has 0 amide bonds. The van der Waals surface area contributed by atoms with Gasteiger partial charge in [0.25, 0.3) is 5.56 Å². The number of aromatic nitrogens is 4. The van der Waals surface area contributed by atoms with Crippen LogP contribution in [-0.4, -0.2) is 24.6 Å². The Bertz CT molecular complexity index is 698. The third-order valence-electron chi connectivity index (χ3n) is 2.61. The molecule has 17 heavy (non-hydrogen) atoms. The average molecular weight is 277 g/mol. The van der Waals surface area contributed by atoms with Crippen molar-refractivity contribution in [2.24, 2.45) is 14.1 Å².